The lowest BCUT2D eigenvalue weighted by Crippen LogP contribution is -2.40. The molecule has 0 amide bonds. The van der Waals surface area contributed by atoms with Crippen molar-refractivity contribution in [3.05, 3.63) is 0 Å². The summed E-state index contributed by atoms with van der Waals surface area (Å²) in [5.41, 5.74) is 0. The molecule has 0 aromatic carbocycles. The molecular formula is C11H19NO. The van der Waals surface area contributed by atoms with Gasteiger partial charge in [-0.15, -0.1) is 0 Å². The van der Waals surface area contributed by atoms with E-state index in [0.717, 1.165) is 38.3 Å². The van der Waals surface area contributed by atoms with Gasteiger partial charge in [-0.25, -0.2) is 0 Å². The van der Waals surface area contributed by atoms with E-state index in [1.54, 1.807) is 0 Å². The molecule has 0 unspecified atom stereocenters. The maximum atomic E-state index is 10.6. The van der Waals surface area contributed by atoms with Gasteiger partial charge in [0.15, 0.2) is 0 Å². The highest BCUT2D eigenvalue weighted by atomic mass is 16.1. The van der Waals surface area contributed by atoms with Crippen molar-refractivity contribution in [2.24, 2.45) is 5.92 Å². The first kappa shape index (κ1) is 9.20. The first-order valence-electron chi connectivity index (χ1n) is 5.59. The molecule has 1 saturated carbocycles. The number of likely N-dealkylation sites (tertiary alicyclic amines) is 1. The third-order valence-corrected chi connectivity index (χ3v) is 3.61. The Labute approximate surface area is 80.3 Å². The van der Waals surface area contributed by atoms with Crippen LogP contribution in [0.25, 0.3) is 0 Å². The summed E-state index contributed by atoms with van der Waals surface area (Å²) < 4.78 is 0. The molecule has 0 bridgehead atoms. The number of carbonyl (C=O) groups excluding carboxylic acids is 1. The van der Waals surface area contributed by atoms with E-state index in [2.05, 4.69) is 4.90 Å². The van der Waals surface area contributed by atoms with Gasteiger partial charge in [-0.05, 0) is 38.8 Å². The Bertz CT molecular complexity index is 167. The Hall–Kier alpha value is -0.370. The summed E-state index contributed by atoms with van der Waals surface area (Å²) in [7, 11) is 0. The van der Waals surface area contributed by atoms with Gasteiger partial charge in [0.2, 0.25) is 0 Å². The molecule has 2 nitrogen and oxygen atoms in total. The van der Waals surface area contributed by atoms with Crippen LogP contribution in [0, 0.1) is 5.92 Å². The fourth-order valence-corrected chi connectivity index (χ4v) is 2.69. The van der Waals surface area contributed by atoms with Crippen LogP contribution in [0.1, 0.15) is 38.5 Å². The number of hydrogen-bond donors (Lipinski definition) is 0. The molecule has 2 aliphatic rings. The molecule has 0 N–H and O–H groups in total. The zero-order valence-corrected chi connectivity index (χ0v) is 8.24. The minimum absolute atomic E-state index is 0.359. The SMILES string of the molecule is O=CC1CCN(C2CCCC2)CC1. The van der Waals surface area contributed by atoms with Gasteiger partial charge in [-0.3, -0.25) is 0 Å². The number of hydrogen-bond acceptors (Lipinski definition) is 2. The van der Waals surface area contributed by atoms with Crippen molar-refractivity contribution in [2.45, 2.75) is 44.6 Å². The van der Waals surface area contributed by atoms with Crippen LogP contribution < -0.4 is 0 Å². The van der Waals surface area contributed by atoms with Gasteiger partial charge in [-0.2, -0.15) is 0 Å². The summed E-state index contributed by atoms with van der Waals surface area (Å²) in [5, 5.41) is 0. The molecule has 2 rings (SSSR count). The van der Waals surface area contributed by atoms with E-state index in [1.807, 2.05) is 0 Å². The summed E-state index contributed by atoms with van der Waals surface area (Å²) in [6, 6.07) is 0.854. The van der Waals surface area contributed by atoms with Crippen LogP contribution in [0.2, 0.25) is 0 Å². The molecule has 1 saturated heterocycles. The largest absolute Gasteiger partial charge is 0.303 e. The van der Waals surface area contributed by atoms with Gasteiger partial charge in [0.25, 0.3) is 0 Å². The van der Waals surface area contributed by atoms with E-state index in [-0.39, 0.29) is 0 Å². The summed E-state index contributed by atoms with van der Waals surface area (Å²) in [6.07, 6.45) is 8.96. The summed E-state index contributed by atoms with van der Waals surface area (Å²) in [6.45, 7) is 2.32. The molecule has 13 heavy (non-hydrogen) atoms. The Balaban J connectivity index is 1.79. The molecule has 74 valence electrons. The molecule has 2 fully saturated rings. The van der Waals surface area contributed by atoms with Crippen molar-refractivity contribution in [1.29, 1.82) is 0 Å². The van der Waals surface area contributed by atoms with Gasteiger partial charge in [0.05, 0.1) is 0 Å². The minimum Gasteiger partial charge on any atom is -0.303 e. The second kappa shape index (κ2) is 4.23. The number of carbonyl (C=O) groups is 1. The Morgan fingerprint density at radius 3 is 2.15 bits per heavy atom. The molecule has 0 spiro atoms. The van der Waals surface area contributed by atoms with E-state index in [1.165, 1.54) is 25.7 Å². The summed E-state index contributed by atoms with van der Waals surface area (Å²) >= 11 is 0. The first-order chi connectivity index (χ1) is 6.40. The second-order valence-electron chi connectivity index (χ2n) is 4.45. The third-order valence-electron chi connectivity index (χ3n) is 3.61. The van der Waals surface area contributed by atoms with Crippen LogP contribution in [-0.4, -0.2) is 30.3 Å². The monoisotopic (exact) mass is 181 g/mol. The highest BCUT2D eigenvalue weighted by Crippen LogP contribution is 2.27. The van der Waals surface area contributed by atoms with Crippen molar-refractivity contribution >= 4 is 6.29 Å². The van der Waals surface area contributed by atoms with Crippen molar-refractivity contribution in [2.75, 3.05) is 13.1 Å². The van der Waals surface area contributed by atoms with Gasteiger partial charge < -0.3 is 9.69 Å². The van der Waals surface area contributed by atoms with Crippen LogP contribution in [0.15, 0.2) is 0 Å². The lowest BCUT2D eigenvalue weighted by atomic mass is 9.97. The predicted molar refractivity (Wildman–Crippen MR) is 52.6 cm³/mol. The lowest BCUT2D eigenvalue weighted by Gasteiger charge is -2.34. The van der Waals surface area contributed by atoms with E-state index in [9.17, 15) is 4.79 Å². The molecule has 1 aliphatic heterocycles. The van der Waals surface area contributed by atoms with Gasteiger partial charge in [0.1, 0.15) is 6.29 Å². The fourth-order valence-electron chi connectivity index (χ4n) is 2.69. The molecule has 0 aromatic rings. The Kier molecular flexibility index (Phi) is 2.99. The average Bonchev–Trinajstić information content (AvgIpc) is 2.71. The van der Waals surface area contributed by atoms with E-state index >= 15 is 0 Å². The number of nitrogens with zero attached hydrogens (tertiary/aromatic N) is 1. The zero-order chi connectivity index (χ0) is 9.10. The minimum atomic E-state index is 0.359. The van der Waals surface area contributed by atoms with Crippen molar-refractivity contribution in [3.63, 3.8) is 0 Å². The number of rotatable bonds is 2. The lowest BCUT2D eigenvalue weighted by molar-refractivity contribution is -0.112. The van der Waals surface area contributed by atoms with Gasteiger partial charge in [-0.1, -0.05) is 12.8 Å². The van der Waals surface area contributed by atoms with Crippen molar-refractivity contribution in [3.8, 4) is 0 Å². The van der Waals surface area contributed by atoms with Gasteiger partial charge >= 0.3 is 0 Å². The third kappa shape index (κ3) is 2.11. The van der Waals surface area contributed by atoms with Crippen LogP contribution in [-0.2, 0) is 4.79 Å². The molecule has 1 heterocycles. The number of piperidine rings is 1. The van der Waals surface area contributed by atoms with Crippen LogP contribution in [0.4, 0.5) is 0 Å². The first-order valence-corrected chi connectivity index (χ1v) is 5.59. The highest BCUT2D eigenvalue weighted by Gasteiger charge is 2.26. The van der Waals surface area contributed by atoms with E-state index in [0.29, 0.717) is 5.92 Å². The average molecular weight is 181 g/mol. The molecular weight excluding hydrogens is 162 g/mol. The molecule has 0 radical (unpaired) electrons. The smallest absolute Gasteiger partial charge is 0.123 e. The Morgan fingerprint density at radius 2 is 1.62 bits per heavy atom. The molecule has 0 atom stereocenters. The Morgan fingerprint density at radius 1 is 1.00 bits per heavy atom. The highest BCUT2D eigenvalue weighted by molar-refractivity contribution is 5.53. The van der Waals surface area contributed by atoms with E-state index < -0.39 is 0 Å². The number of aldehydes is 1. The molecule has 0 aromatic heterocycles. The topological polar surface area (TPSA) is 20.3 Å². The fraction of sp³-hybridized carbons (Fsp3) is 0.909. The van der Waals surface area contributed by atoms with Crippen molar-refractivity contribution < 1.29 is 4.79 Å². The summed E-state index contributed by atoms with van der Waals surface area (Å²) in [4.78, 5) is 13.2. The van der Waals surface area contributed by atoms with Crippen LogP contribution >= 0.6 is 0 Å². The normalized spacial score (nSPS) is 28.0. The quantitative estimate of drug-likeness (QED) is 0.606. The second-order valence-corrected chi connectivity index (χ2v) is 4.45. The summed E-state index contributed by atoms with van der Waals surface area (Å²) in [5.74, 6) is 0.359. The maximum absolute atomic E-state index is 10.6. The standard InChI is InChI=1S/C11H19NO/c13-9-10-5-7-12(8-6-10)11-3-1-2-4-11/h9-11H,1-8H2. The van der Waals surface area contributed by atoms with Crippen molar-refractivity contribution in [1.82, 2.24) is 4.90 Å². The van der Waals surface area contributed by atoms with Crippen LogP contribution in [0.5, 0.6) is 0 Å². The van der Waals surface area contributed by atoms with Gasteiger partial charge in [0, 0.05) is 12.0 Å². The molecule has 2 heteroatoms. The molecule has 1 aliphatic carbocycles. The van der Waals surface area contributed by atoms with Crippen LogP contribution in [0.3, 0.4) is 0 Å². The maximum Gasteiger partial charge on any atom is 0.123 e. The van der Waals surface area contributed by atoms with E-state index in [4.69, 9.17) is 0 Å². The zero-order valence-electron chi connectivity index (χ0n) is 8.24. The predicted octanol–water partition coefficient (Wildman–Crippen LogP) is 1.84.